The van der Waals surface area contributed by atoms with E-state index in [4.69, 9.17) is 4.74 Å². The zero-order valence-electron chi connectivity index (χ0n) is 24.1. The number of rotatable bonds is 13. The Labute approximate surface area is 235 Å². The summed E-state index contributed by atoms with van der Waals surface area (Å²) in [5, 5.41) is 0.979. The van der Waals surface area contributed by atoms with Gasteiger partial charge in [0, 0.05) is 11.6 Å². The molecule has 1 saturated heterocycles. The lowest BCUT2D eigenvalue weighted by Crippen LogP contribution is -2.11. The first kappa shape index (κ1) is 29.1. The quantitative estimate of drug-likeness (QED) is 0.159. The summed E-state index contributed by atoms with van der Waals surface area (Å²) in [6.45, 7) is 10.9. The van der Waals surface area contributed by atoms with Gasteiger partial charge in [0.2, 0.25) is 0 Å². The second-order valence-corrected chi connectivity index (χ2v) is 13.2. The Bertz CT molecular complexity index is 1470. The fourth-order valence-electron chi connectivity index (χ4n) is 5.20. The number of hydrogen-bond donors (Lipinski definition) is 0. The maximum atomic E-state index is 13.3. The van der Waals surface area contributed by atoms with Crippen LogP contribution in [0, 0.1) is 0 Å². The van der Waals surface area contributed by atoms with Gasteiger partial charge in [0.05, 0.1) is 22.1 Å². The minimum absolute atomic E-state index is 0.0646. The number of ether oxygens (including phenoxy) is 1. The predicted molar refractivity (Wildman–Crippen MR) is 163 cm³/mol. The van der Waals surface area contributed by atoms with Gasteiger partial charge < -0.3 is 4.74 Å². The van der Waals surface area contributed by atoms with Crippen LogP contribution in [0.3, 0.4) is 0 Å². The SMILES string of the molecule is CC(C)=CCC[C@@]1(C)O[C@@H]1CC/C(C)=C/CC/C(C)=C/Cc1cn(S(=O)(=O)c2ccccc2)c2ccccc12. The predicted octanol–water partition coefficient (Wildman–Crippen LogP) is 8.78. The molecule has 0 spiro atoms. The third kappa shape index (κ3) is 7.40. The average molecular weight is 546 g/mol. The smallest absolute Gasteiger partial charge is 0.268 e. The van der Waals surface area contributed by atoms with E-state index in [1.54, 1.807) is 30.5 Å². The van der Waals surface area contributed by atoms with Gasteiger partial charge in [0.15, 0.2) is 0 Å². The Morgan fingerprint density at radius 1 is 0.897 bits per heavy atom. The van der Waals surface area contributed by atoms with Gasteiger partial charge in [0.1, 0.15) is 0 Å². The van der Waals surface area contributed by atoms with Crippen molar-refractivity contribution in [3.8, 4) is 0 Å². The molecular weight excluding hydrogens is 502 g/mol. The van der Waals surface area contributed by atoms with Crippen molar-refractivity contribution in [2.45, 2.75) is 96.2 Å². The minimum atomic E-state index is -3.65. The standard InChI is InChI=1S/C34H43NO3S/c1-26(2)13-12-24-34(5)33(38-34)23-21-28(4)15-11-14-27(3)20-22-29-25-35(32-19-10-9-18-31(29)32)39(36,37)30-16-7-6-8-17-30/h6-10,13,15-20,25,33H,11-12,14,21-24H2,1-5H3/b27-20+,28-15+/t33-,34-/m1/s1. The molecule has 208 valence electrons. The van der Waals surface area contributed by atoms with Crippen LogP contribution in [0.25, 0.3) is 10.9 Å². The number of hydrogen-bond acceptors (Lipinski definition) is 3. The number of para-hydroxylation sites is 1. The zero-order chi connectivity index (χ0) is 28.0. The van der Waals surface area contributed by atoms with Crippen molar-refractivity contribution in [3.63, 3.8) is 0 Å². The summed E-state index contributed by atoms with van der Waals surface area (Å²) in [5.74, 6) is 0. The first-order valence-electron chi connectivity index (χ1n) is 14.1. The summed E-state index contributed by atoms with van der Waals surface area (Å²) in [6, 6.07) is 16.4. The van der Waals surface area contributed by atoms with E-state index in [1.165, 1.54) is 20.7 Å². The van der Waals surface area contributed by atoms with Gasteiger partial charge in [0.25, 0.3) is 10.0 Å². The summed E-state index contributed by atoms with van der Waals surface area (Å²) in [4.78, 5) is 0.299. The van der Waals surface area contributed by atoms with Crippen molar-refractivity contribution >= 4 is 20.9 Å². The Balaban J connectivity index is 1.32. The lowest BCUT2D eigenvalue weighted by molar-refractivity contribution is 0.295. The molecule has 2 atom stereocenters. The molecule has 3 aromatic rings. The van der Waals surface area contributed by atoms with Gasteiger partial charge >= 0.3 is 0 Å². The van der Waals surface area contributed by atoms with E-state index in [0.717, 1.165) is 49.5 Å². The highest BCUT2D eigenvalue weighted by molar-refractivity contribution is 7.90. The number of benzene rings is 2. The number of allylic oxidation sites excluding steroid dienone is 6. The van der Waals surface area contributed by atoms with Crippen LogP contribution >= 0.6 is 0 Å². The summed E-state index contributed by atoms with van der Waals surface area (Å²) in [6.07, 6.45) is 16.2. The third-order valence-electron chi connectivity index (χ3n) is 7.79. The molecule has 4 nitrogen and oxygen atoms in total. The number of epoxide rings is 1. The van der Waals surface area contributed by atoms with Crippen LogP contribution in [0.2, 0.25) is 0 Å². The first-order chi connectivity index (χ1) is 18.6. The average Bonchev–Trinajstić information content (AvgIpc) is 3.40. The fourth-order valence-corrected chi connectivity index (χ4v) is 6.61. The van der Waals surface area contributed by atoms with E-state index in [0.29, 0.717) is 22.9 Å². The van der Waals surface area contributed by atoms with Crippen molar-refractivity contribution < 1.29 is 13.2 Å². The Kier molecular flexibility index (Phi) is 9.35. The van der Waals surface area contributed by atoms with Crippen molar-refractivity contribution in [2.24, 2.45) is 0 Å². The van der Waals surface area contributed by atoms with Crippen LogP contribution in [-0.2, 0) is 21.2 Å². The number of aromatic nitrogens is 1. The summed E-state index contributed by atoms with van der Waals surface area (Å²) in [7, 11) is -3.65. The lowest BCUT2D eigenvalue weighted by atomic mass is 9.96. The highest BCUT2D eigenvalue weighted by atomic mass is 32.2. The molecule has 4 rings (SSSR count). The molecule has 1 fully saturated rings. The van der Waals surface area contributed by atoms with E-state index < -0.39 is 10.0 Å². The van der Waals surface area contributed by atoms with E-state index in [9.17, 15) is 8.42 Å². The molecule has 0 N–H and O–H groups in total. The molecule has 0 saturated carbocycles. The monoisotopic (exact) mass is 545 g/mol. The largest absolute Gasteiger partial charge is 0.366 e. The Hall–Kier alpha value is -2.89. The van der Waals surface area contributed by atoms with Crippen molar-refractivity contribution in [1.29, 1.82) is 0 Å². The molecule has 1 aliphatic heterocycles. The highest BCUT2D eigenvalue weighted by Gasteiger charge is 2.50. The molecule has 2 aromatic carbocycles. The van der Waals surface area contributed by atoms with Crippen LogP contribution in [0.4, 0.5) is 0 Å². The topological polar surface area (TPSA) is 51.6 Å². The van der Waals surface area contributed by atoms with Crippen molar-refractivity contribution in [3.05, 3.63) is 101 Å². The Morgan fingerprint density at radius 2 is 1.59 bits per heavy atom. The van der Waals surface area contributed by atoms with Gasteiger partial charge in [-0.2, -0.15) is 0 Å². The molecule has 0 amide bonds. The summed E-state index contributed by atoms with van der Waals surface area (Å²) < 4.78 is 34.1. The van der Waals surface area contributed by atoms with Crippen LogP contribution < -0.4 is 0 Å². The van der Waals surface area contributed by atoms with Gasteiger partial charge in [-0.3, -0.25) is 0 Å². The number of fused-ring (bicyclic) bond motifs is 1. The fraction of sp³-hybridized carbons (Fsp3) is 0.412. The van der Waals surface area contributed by atoms with E-state index >= 15 is 0 Å². The van der Waals surface area contributed by atoms with E-state index in [-0.39, 0.29) is 5.60 Å². The molecular formula is C34H43NO3S. The highest BCUT2D eigenvalue weighted by Crippen LogP contribution is 2.43. The molecule has 1 aliphatic rings. The lowest BCUT2D eigenvalue weighted by Gasteiger charge is -2.07. The third-order valence-corrected chi connectivity index (χ3v) is 9.48. The van der Waals surface area contributed by atoms with Gasteiger partial charge in [-0.1, -0.05) is 71.3 Å². The van der Waals surface area contributed by atoms with E-state index in [2.05, 4.69) is 52.8 Å². The van der Waals surface area contributed by atoms with Crippen LogP contribution in [0.15, 0.2) is 101 Å². The van der Waals surface area contributed by atoms with Gasteiger partial charge in [-0.25, -0.2) is 12.4 Å². The molecule has 5 heteroatoms. The molecule has 39 heavy (non-hydrogen) atoms. The molecule has 2 heterocycles. The molecule has 1 aromatic heterocycles. The van der Waals surface area contributed by atoms with Gasteiger partial charge in [-0.05, 0) is 103 Å². The zero-order valence-corrected chi connectivity index (χ0v) is 24.9. The van der Waals surface area contributed by atoms with Crippen LogP contribution in [0.1, 0.15) is 78.7 Å². The maximum Gasteiger partial charge on any atom is 0.268 e. The van der Waals surface area contributed by atoms with Crippen molar-refractivity contribution in [1.82, 2.24) is 3.97 Å². The summed E-state index contributed by atoms with van der Waals surface area (Å²) >= 11 is 0. The first-order valence-corrected chi connectivity index (χ1v) is 15.6. The molecule has 0 unspecified atom stereocenters. The Morgan fingerprint density at radius 3 is 2.33 bits per heavy atom. The molecule has 0 radical (unpaired) electrons. The normalized spacial score (nSPS) is 19.9. The maximum absolute atomic E-state index is 13.3. The molecule has 0 aliphatic carbocycles. The molecule has 0 bridgehead atoms. The van der Waals surface area contributed by atoms with Crippen LogP contribution in [-0.4, -0.2) is 24.1 Å². The van der Waals surface area contributed by atoms with Gasteiger partial charge in [-0.15, -0.1) is 0 Å². The summed E-state index contributed by atoms with van der Waals surface area (Å²) in [5.41, 5.74) is 5.93. The van der Waals surface area contributed by atoms with E-state index in [1.807, 2.05) is 30.3 Å². The van der Waals surface area contributed by atoms with Crippen molar-refractivity contribution in [2.75, 3.05) is 0 Å². The van der Waals surface area contributed by atoms with Crippen LogP contribution in [0.5, 0.6) is 0 Å². The number of nitrogens with zero attached hydrogens (tertiary/aromatic N) is 1. The minimum Gasteiger partial charge on any atom is -0.366 e. The second kappa shape index (κ2) is 12.5. The second-order valence-electron chi connectivity index (χ2n) is 11.4.